The van der Waals surface area contributed by atoms with Gasteiger partial charge in [-0.1, -0.05) is 13.8 Å². The summed E-state index contributed by atoms with van der Waals surface area (Å²) in [5.41, 5.74) is 10.7. The molecule has 0 saturated heterocycles. The lowest BCUT2D eigenvalue weighted by molar-refractivity contribution is -0.145. The van der Waals surface area contributed by atoms with Crippen molar-refractivity contribution in [2.75, 3.05) is 6.54 Å². The van der Waals surface area contributed by atoms with Gasteiger partial charge in [0.25, 0.3) is 0 Å². The predicted molar refractivity (Wildman–Crippen MR) is 97.4 cm³/mol. The van der Waals surface area contributed by atoms with Crippen LogP contribution >= 0.6 is 0 Å². The minimum absolute atomic E-state index is 0.175. The largest absolute Gasteiger partial charge is 0.480 e. The summed E-state index contributed by atoms with van der Waals surface area (Å²) in [6, 6.07) is -3.93. The third-order valence-electron chi connectivity index (χ3n) is 3.59. The number of carboxylic acids is 1. The minimum Gasteiger partial charge on any atom is -0.480 e. The first-order valence-electron chi connectivity index (χ1n) is 8.67. The molecule has 0 aromatic carbocycles. The fourth-order valence-corrected chi connectivity index (χ4v) is 2.21. The van der Waals surface area contributed by atoms with Crippen LogP contribution < -0.4 is 27.4 Å². The monoisotopic (exact) mass is 403 g/mol. The molecule has 0 bridgehead atoms. The molecule has 28 heavy (non-hydrogen) atoms. The SMILES string of the molecule is CC(C)CC(N)C(=O)NCC(=O)NC(CC(N)=O)C(=O)NC(C(=O)O)C(C)O. The van der Waals surface area contributed by atoms with Gasteiger partial charge in [0.1, 0.15) is 6.04 Å². The number of carbonyl (C=O) groups is 5. The Bertz CT molecular complexity index is 594. The van der Waals surface area contributed by atoms with E-state index in [2.05, 4.69) is 10.6 Å². The number of carboxylic acid groups (broad SMARTS) is 1. The Hall–Kier alpha value is -2.73. The number of amides is 4. The molecule has 0 radical (unpaired) electrons. The van der Waals surface area contributed by atoms with E-state index in [9.17, 15) is 29.1 Å². The Kier molecular flexibility index (Phi) is 10.7. The van der Waals surface area contributed by atoms with Crippen molar-refractivity contribution >= 4 is 29.6 Å². The smallest absolute Gasteiger partial charge is 0.328 e. The molecule has 0 rings (SSSR count). The molecule has 12 heteroatoms. The van der Waals surface area contributed by atoms with Gasteiger partial charge >= 0.3 is 5.97 Å². The number of primary amides is 1. The van der Waals surface area contributed by atoms with Gasteiger partial charge < -0.3 is 37.6 Å². The van der Waals surface area contributed by atoms with Crippen LogP contribution in [-0.4, -0.2) is 70.6 Å². The molecule has 0 aromatic rings. The molecule has 0 spiro atoms. The molecular weight excluding hydrogens is 374 g/mol. The number of hydrogen-bond donors (Lipinski definition) is 7. The van der Waals surface area contributed by atoms with E-state index in [1.807, 2.05) is 19.2 Å². The standard InChI is InChI=1S/C16H29N5O7/c1-7(2)4-9(17)14(25)19-6-12(24)20-10(5-11(18)23)15(26)21-13(8(3)22)16(27)28/h7-10,13,22H,4-6,17H2,1-3H3,(H2,18,23)(H,19,25)(H,20,24)(H,21,26)(H,27,28). The van der Waals surface area contributed by atoms with Crippen molar-refractivity contribution in [2.45, 2.75) is 57.8 Å². The fourth-order valence-electron chi connectivity index (χ4n) is 2.21. The molecule has 4 atom stereocenters. The van der Waals surface area contributed by atoms with Crippen LogP contribution in [-0.2, 0) is 24.0 Å². The third kappa shape index (κ3) is 9.83. The number of nitrogens with two attached hydrogens (primary N) is 2. The van der Waals surface area contributed by atoms with Gasteiger partial charge in [-0.2, -0.15) is 0 Å². The van der Waals surface area contributed by atoms with Crippen LogP contribution in [0.2, 0.25) is 0 Å². The highest BCUT2D eigenvalue weighted by molar-refractivity contribution is 5.95. The van der Waals surface area contributed by atoms with Crippen molar-refractivity contribution in [3.8, 4) is 0 Å². The normalized spacial score (nSPS) is 15.1. The first kappa shape index (κ1) is 25.3. The fraction of sp³-hybridized carbons (Fsp3) is 0.688. The van der Waals surface area contributed by atoms with E-state index < -0.39 is 66.8 Å². The van der Waals surface area contributed by atoms with Gasteiger partial charge in [0, 0.05) is 0 Å². The lowest BCUT2D eigenvalue weighted by Crippen LogP contribution is -2.56. The second kappa shape index (κ2) is 11.9. The molecule has 0 aliphatic rings. The van der Waals surface area contributed by atoms with Crippen LogP contribution in [0.25, 0.3) is 0 Å². The average molecular weight is 403 g/mol. The highest BCUT2D eigenvalue weighted by Crippen LogP contribution is 2.02. The Balaban J connectivity index is 4.88. The van der Waals surface area contributed by atoms with Gasteiger partial charge in [-0.3, -0.25) is 19.2 Å². The number of nitrogens with one attached hydrogen (secondary N) is 3. The van der Waals surface area contributed by atoms with E-state index >= 15 is 0 Å². The van der Waals surface area contributed by atoms with Crippen LogP contribution in [0, 0.1) is 5.92 Å². The van der Waals surface area contributed by atoms with Crippen molar-refractivity contribution in [2.24, 2.45) is 17.4 Å². The number of aliphatic carboxylic acids is 1. The van der Waals surface area contributed by atoms with E-state index in [0.717, 1.165) is 6.92 Å². The first-order valence-corrected chi connectivity index (χ1v) is 8.67. The van der Waals surface area contributed by atoms with Crippen molar-refractivity contribution in [1.29, 1.82) is 0 Å². The van der Waals surface area contributed by atoms with Gasteiger partial charge in [-0.15, -0.1) is 0 Å². The lowest BCUT2D eigenvalue weighted by atomic mass is 10.0. The molecule has 4 unspecified atom stereocenters. The highest BCUT2D eigenvalue weighted by Gasteiger charge is 2.30. The molecule has 0 saturated carbocycles. The quantitative estimate of drug-likeness (QED) is 0.175. The van der Waals surface area contributed by atoms with Crippen LogP contribution in [0.1, 0.15) is 33.6 Å². The number of aliphatic hydroxyl groups excluding tert-OH is 1. The molecule has 160 valence electrons. The summed E-state index contributed by atoms with van der Waals surface area (Å²) in [6.45, 7) is 4.40. The lowest BCUT2D eigenvalue weighted by Gasteiger charge is -2.22. The molecule has 12 nitrogen and oxygen atoms in total. The van der Waals surface area contributed by atoms with E-state index in [-0.39, 0.29) is 5.92 Å². The topological polar surface area (TPSA) is 214 Å². The Morgan fingerprint density at radius 3 is 2.00 bits per heavy atom. The summed E-state index contributed by atoms with van der Waals surface area (Å²) in [4.78, 5) is 58.2. The van der Waals surface area contributed by atoms with Gasteiger partial charge in [-0.25, -0.2) is 4.79 Å². The van der Waals surface area contributed by atoms with Crippen LogP contribution in [0.3, 0.4) is 0 Å². The predicted octanol–water partition coefficient (Wildman–Crippen LogP) is -3.21. The molecule has 0 aliphatic carbocycles. The summed E-state index contributed by atoms with van der Waals surface area (Å²) in [7, 11) is 0. The maximum atomic E-state index is 12.2. The van der Waals surface area contributed by atoms with Gasteiger partial charge in [-0.05, 0) is 19.3 Å². The average Bonchev–Trinajstić information content (AvgIpc) is 2.54. The van der Waals surface area contributed by atoms with Crippen molar-refractivity contribution < 1.29 is 34.2 Å². The van der Waals surface area contributed by atoms with E-state index in [0.29, 0.717) is 6.42 Å². The zero-order valence-corrected chi connectivity index (χ0v) is 16.1. The molecule has 4 amide bonds. The molecule has 0 aromatic heterocycles. The molecule has 0 aliphatic heterocycles. The third-order valence-corrected chi connectivity index (χ3v) is 3.59. The second-order valence-electron chi connectivity index (χ2n) is 6.81. The maximum absolute atomic E-state index is 12.2. The summed E-state index contributed by atoms with van der Waals surface area (Å²) >= 11 is 0. The molecule has 9 N–H and O–H groups in total. The van der Waals surface area contributed by atoms with Gasteiger partial charge in [0.15, 0.2) is 6.04 Å². The number of carbonyl (C=O) groups excluding carboxylic acids is 4. The molecule has 0 heterocycles. The first-order chi connectivity index (χ1) is 12.8. The number of rotatable bonds is 12. The number of aliphatic hydroxyl groups is 1. The van der Waals surface area contributed by atoms with E-state index in [1.54, 1.807) is 0 Å². The second-order valence-corrected chi connectivity index (χ2v) is 6.81. The molecular formula is C16H29N5O7. The van der Waals surface area contributed by atoms with Gasteiger partial charge in [0.05, 0.1) is 25.1 Å². The van der Waals surface area contributed by atoms with Crippen molar-refractivity contribution in [3.05, 3.63) is 0 Å². The van der Waals surface area contributed by atoms with Crippen molar-refractivity contribution in [1.82, 2.24) is 16.0 Å². The van der Waals surface area contributed by atoms with Crippen LogP contribution in [0.5, 0.6) is 0 Å². The Labute approximate surface area is 162 Å². The minimum atomic E-state index is -1.64. The van der Waals surface area contributed by atoms with E-state index in [4.69, 9.17) is 16.6 Å². The summed E-state index contributed by atoms with van der Waals surface area (Å²) < 4.78 is 0. The highest BCUT2D eigenvalue weighted by atomic mass is 16.4. The van der Waals surface area contributed by atoms with Gasteiger partial charge in [0.2, 0.25) is 23.6 Å². The zero-order valence-electron chi connectivity index (χ0n) is 16.1. The Morgan fingerprint density at radius 2 is 1.57 bits per heavy atom. The molecule has 0 fully saturated rings. The Morgan fingerprint density at radius 1 is 1.00 bits per heavy atom. The summed E-state index contributed by atoms with van der Waals surface area (Å²) in [6.07, 6.45) is -1.62. The number of hydrogen-bond acceptors (Lipinski definition) is 7. The van der Waals surface area contributed by atoms with E-state index in [1.165, 1.54) is 0 Å². The van der Waals surface area contributed by atoms with Crippen molar-refractivity contribution in [3.63, 3.8) is 0 Å². The zero-order chi connectivity index (χ0) is 22.0. The van der Waals surface area contributed by atoms with Crippen LogP contribution in [0.15, 0.2) is 0 Å². The maximum Gasteiger partial charge on any atom is 0.328 e. The summed E-state index contributed by atoms with van der Waals surface area (Å²) in [5.74, 6) is -4.64. The van der Waals surface area contributed by atoms with Crippen LogP contribution in [0.4, 0.5) is 0 Å². The summed E-state index contributed by atoms with van der Waals surface area (Å²) in [5, 5.41) is 24.9.